The number of fused-ring (bicyclic) bond motifs is 1. The van der Waals surface area contributed by atoms with Gasteiger partial charge in [-0.3, -0.25) is 0 Å². The molecule has 1 aromatic carbocycles. The molecule has 1 atom stereocenters. The van der Waals surface area contributed by atoms with Crippen LogP contribution in [0.2, 0.25) is 0 Å². The summed E-state index contributed by atoms with van der Waals surface area (Å²) >= 11 is 0. The predicted octanol–water partition coefficient (Wildman–Crippen LogP) is 2.19. The molecular weight excluding hydrogens is 314 g/mol. The molecule has 0 amide bonds. The molecule has 0 spiro atoms. The van der Waals surface area contributed by atoms with E-state index in [4.69, 9.17) is 4.74 Å². The van der Waals surface area contributed by atoms with Gasteiger partial charge in [-0.15, -0.1) is 0 Å². The van der Waals surface area contributed by atoms with Gasteiger partial charge >= 0.3 is 0 Å². The highest BCUT2D eigenvalue weighted by molar-refractivity contribution is 5.51. The summed E-state index contributed by atoms with van der Waals surface area (Å²) in [5.41, 5.74) is 1.26. The summed E-state index contributed by atoms with van der Waals surface area (Å²) in [4.78, 5) is 2.46. The lowest BCUT2D eigenvalue weighted by Crippen LogP contribution is -2.45. The van der Waals surface area contributed by atoms with E-state index in [0.717, 1.165) is 44.3 Å². The van der Waals surface area contributed by atoms with Gasteiger partial charge in [0.15, 0.2) is 0 Å². The fourth-order valence-electron chi connectivity index (χ4n) is 3.81. The van der Waals surface area contributed by atoms with Gasteiger partial charge in [-0.25, -0.2) is 4.68 Å². The lowest BCUT2D eigenvalue weighted by molar-refractivity contribution is 0.342. The van der Waals surface area contributed by atoms with Crippen LogP contribution >= 0.6 is 0 Å². The number of hydrogen-bond donors (Lipinski definition) is 2. The maximum Gasteiger partial charge on any atom is 0.124 e. The van der Waals surface area contributed by atoms with E-state index in [2.05, 4.69) is 43.5 Å². The Kier molecular flexibility index (Phi) is 4.78. The van der Waals surface area contributed by atoms with Gasteiger partial charge in [0, 0.05) is 62.5 Å². The summed E-state index contributed by atoms with van der Waals surface area (Å²) in [5, 5.41) is 11.6. The molecule has 1 unspecified atom stereocenters. The third-order valence-electron chi connectivity index (χ3n) is 5.33. The quantitative estimate of drug-likeness (QED) is 0.873. The van der Waals surface area contributed by atoms with Crippen LogP contribution in [0.25, 0.3) is 0 Å². The Labute approximate surface area is 149 Å². The monoisotopic (exact) mass is 341 g/mol. The van der Waals surface area contributed by atoms with E-state index in [1.54, 1.807) is 7.11 Å². The summed E-state index contributed by atoms with van der Waals surface area (Å²) in [5.74, 6) is 2.67. The van der Waals surface area contributed by atoms with Crippen LogP contribution in [0.1, 0.15) is 12.8 Å². The largest absolute Gasteiger partial charge is 0.497 e. The van der Waals surface area contributed by atoms with E-state index in [1.165, 1.54) is 18.5 Å². The Hall–Kier alpha value is -2.21. The second-order valence-corrected chi connectivity index (χ2v) is 7.02. The summed E-state index contributed by atoms with van der Waals surface area (Å²) < 4.78 is 7.41. The number of piperidine rings is 1. The van der Waals surface area contributed by atoms with Crippen molar-refractivity contribution >= 4 is 11.5 Å². The Bertz CT molecular complexity index is 693. The molecule has 2 N–H and O–H groups in total. The lowest BCUT2D eigenvalue weighted by atomic mass is 10.0. The predicted molar refractivity (Wildman–Crippen MR) is 100 cm³/mol. The summed E-state index contributed by atoms with van der Waals surface area (Å²) in [6.07, 6.45) is 4.24. The van der Waals surface area contributed by atoms with Crippen molar-refractivity contribution in [3.63, 3.8) is 0 Å². The minimum atomic E-state index is 0.601. The fraction of sp³-hybridized carbons (Fsp3) is 0.526. The van der Waals surface area contributed by atoms with Gasteiger partial charge in [-0.05, 0) is 25.0 Å². The molecule has 6 nitrogen and oxygen atoms in total. The van der Waals surface area contributed by atoms with Gasteiger partial charge in [-0.1, -0.05) is 6.07 Å². The number of nitrogens with one attached hydrogen (secondary N) is 2. The van der Waals surface area contributed by atoms with E-state index >= 15 is 0 Å². The van der Waals surface area contributed by atoms with Gasteiger partial charge in [0.1, 0.15) is 11.6 Å². The summed E-state index contributed by atoms with van der Waals surface area (Å²) in [7, 11) is 1.72. The highest BCUT2D eigenvalue weighted by Gasteiger charge is 2.22. The molecule has 1 saturated heterocycles. The molecule has 4 rings (SSSR count). The van der Waals surface area contributed by atoms with Crippen molar-refractivity contribution in [3.8, 4) is 5.75 Å². The molecule has 2 aromatic rings. The molecule has 2 aliphatic heterocycles. The van der Waals surface area contributed by atoms with Crippen molar-refractivity contribution in [2.75, 3.05) is 43.5 Å². The molecule has 134 valence electrons. The molecule has 6 heteroatoms. The number of ether oxygens (including phenoxy) is 1. The standard InChI is InChI=1S/C19H27N5O/c1-25-18-4-2-3-17(11-18)23-9-6-16(7-10-23)20-12-15-13-21-19-5-8-22-24(19)14-15/h2-5,8,11,15-16,20-21H,6-7,9-10,12-14H2,1H3. The fourth-order valence-corrected chi connectivity index (χ4v) is 3.81. The highest BCUT2D eigenvalue weighted by Crippen LogP contribution is 2.24. The molecule has 0 aliphatic carbocycles. The summed E-state index contributed by atoms with van der Waals surface area (Å²) in [6.45, 7) is 5.27. The van der Waals surface area contributed by atoms with E-state index in [0.29, 0.717) is 12.0 Å². The first-order valence-corrected chi connectivity index (χ1v) is 9.20. The second kappa shape index (κ2) is 7.35. The number of benzene rings is 1. The third kappa shape index (κ3) is 3.74. The maximum atomic E-state index is 5.34. The molecule has 0 saturated carbocycles. The zero-order chi connectivity index (χ0) is 17.1. The molecule has 3 heterocycles. The van der Waals surface area contributed by atoms with Crippen LogP contribution in [-0.4, -0.2) is 49.1 Å². The Morgan fingerprint density at radius 2 is 2.16 bits per heavy atom. The van der Waals surface area contributed by atoms with Crippen LogP contribution in [0.3, 0.4) is 0 Å². The number of nitrogens with zero attached hydrogens (tertiary/aromatic N) is 3. The van der Waals surface area contributed by atoms with Crippen LogP contribution < -0.4 is 20.3 Å². The molecule has 25 heavy (non-hydrogen) atoms. The van der Waals surface area contributed by atoms with E-state index in [1.807, 2.05) is 18.3 Å². The molecule has 0 radical (unpaired) electrons. The third-order valence-corrected chi connectivity index (χ3v) is 5.33. The van der Waals surface area contributed by atoms with E-state index < -0.39 is 0 Å². The van der Waals surface area contributed by atoms with Crippen molar-refractivity contribution in [3.05, 3.63) is 36.5 Å². The maximum absolute atomic E-state index is 5.34. The van der Waals surface area contributed by atoms with E-state index in [9.17, 15) is 0 Å². The van der Waals surface area contributed by atoms with Crippen LogP contribution in [0.5, 0.6) is 5.75 Å². The van der Waals surface area contributed by atoms with Gasteiger partial charge in [0.05, 0.1) is 13.3 Å². The Morgan fingerprint density at radius 3 is 3.00 bits per heavy atom. The number of hydrogen-bond acceptors (Lipinski definition) is 5. The zero-order valence-electron chi connectivity index (χ0n) is 14.8. The number of anilines is 2. The molecule has 1 aromatic heterocycles. The lowest BCUT2D eigenvalue weighted by Gasteiger charge is -2.35. The molecule has 0 bridgehead atoms. The average Bonchev–Trinajstić information content (AvgIpc) is 3.14. The summed E-state index contributed by atoms with van der Waals surface area (Å²) in [6, 6.07) is 11.0. The zero-order valence-corrected chi connectivity index (χ0v) is 14.8. The second-order valence-electron chi connectivity index (χ2n) is 7.02. The average molecular weight is 341 g/mol. The number of rotatable bonds is 5. The van der Waals surface area contributed by atoms with Crippen molar-refractivity contribution in [1.82, 2.24) is 15.1 Å². The Morgan fingerprint density at radius 1 is 1.28 bits per heavy atom. The van der Waals surface area contributed by atoms with Crippen molar-refractivity contribution < 1.29 is 4.74 Å². The first-order chi connectivity index (χ1) is 12.3. The minimum absolute atomic E-state index is 0.601. The van der Waals surface area contributed by atoms with Crippen LogP contribution in [-0.2, 0) is 6.54 Å². The SMILES string of the molecule is COc1cccc(N2CCC(NCC3CNc4ccnn4C3)CC2)c1. The van der Waals surface area contributed by atoms with Gasteiger partial charge in [0.25, 0.3) is 0 Å². The van der Waals surface area contributed by atoms with Crippen LogP contribution in [0.4, 0.5) is 11.5 Å². The van der Waals surface area contributed by atoms with Crippen LogP contribution in [0.15, 0.2) is 36.5 Å². The topological polar surface area (TPSA) is 54.4 Å². The normalized spacial score (nSPS) is 20.8. The van der Waals surface area contributed by atoms with Gasteiger partial charge in [0.2, 0.25) is 0 Å². The van der Waals surface area contributed by atoms with E-state index in [-0.39, 0.29) is 0 Å². The first kappa shape index (κ1) is 16.3. The van der Waals surface area contributed by atoms with Gasteiger partial charge in [-0.2, -0.15) is 5.10 Å². The number of aromatic nitrogens is 2. The minimum Gasteiger partial charge on any atom is -0.497 e. The van der Waals surface area contributed by atoms with Crippen molar-refractivity contribution in [2.45, 2.75) is 25.4 Å². The Balaban J connectivity index is 1.24. The molecular formula is C19H27N5O. The molecule has 2 aliphatic rings. The molecule has 1 fully saturated rings. The van der Waals surface area contributed by atoms with Crippen molar-refractivity contribution in [1.29, 1.82) is 0 Å². The smallest absolute Gasteiger partial charge is 0.124 e. The van der Waals surface area contributed by atoms with Gasteiger partial charge < -0.3 is 20.3 Å². The first-order valence-electron chi connectivity index (χ1n) is 9.20. The van der Waals surface area contributed by atoms with Crippen molar-refractivity contribution in [2.24, 2.45) is 5.92 Å². The number of methoxy groups -OCH3 is 1. The highest BCUT2D eigenvalue weighted by atomic mass is 16.5. The van der Waals surface area contributed by atoms with Crippen LogP contribution in [0, 0.1) is 5.92 Å².